The molecular formula is C18H23N3O3. The molecule has 0 spiro atoms. The molecule has 1 aromatic heterocycles. The smallest absolute Gasteiger partial charge is 0.289 e. The molecule has 1 aliphatic heterocycles. The van der Waals surface area contributed by atoms with Gasteiger partial charge in [-0.05, 0) is 19.5 Å². The minimum absolute atomic E-state index is 0.109. The highest BCUT2D eigenvalue weighted by atomic mass is 16.5. The number of hydrogen-bond donors (Lipinski definition) is 1. The average Bonchev–Trinajstić information content (AvgIpc) is 2.92. The van der Waals surface area contributed by atoms with Crippen LogP contribution >= 0.6 is 0 Å². The molecule has 6 nitrogen and oxygen atoms in total. The van der Waals surface area contributed by atoms with Gasteiger partial charge in [-0.3, -0.25) is 9.69 Å². The highest BCUT2D eigenvalue weighted by molar-refractivity contribution is 5.92. The number of aryl methyl sites for hydroxylation is 2. The van der Waals surface area contributed by atoms with Gasteiger partial charge in [0.05, 0.1) is 24.4 Å². The summed E-state index contributed by atoms with van der Waals surface area (Å²) >= 11 is 0. The fraction of sp³-hybridized carbons (Fsp3) is 0.444. The zero-order valence-corrected chi connectivity index (χ0v) is 14.3. The lowest BCUT2D eigenvalue weighted by molar-refractivity contribution is -0.0605. The van der Waals surface area contributed by atoms with Crippen molar-refractivity contribution in [2.24, 2.45) is 0 Å². The van der Waals surface area contributed by atoms with Crippen LogP contribution in [-0.4, -0.2) is 48.6 Å². The third-order valence-electron chi connectivity index (χ3n) is 4.32. The molecule has 0 bridgehead atoms. The molecular weight excluding hydrogens is 306 g/mol. The Morgan fingerprint density at radius 3 is 2.75 bits per heavy atom. The first-order valence-electron chi connectivity index (χ1n) is 8.15. The third kappa shape index (κ3) is 3.49. The van der Waals surface area contributed by atoms with E-state index in [0.29, 0.717) is 24.7 Å². The van der Waals surface area contributed by atoms with Crippen LogP contribution in [0.5, 0.6) is 0 Å². The standard InChI is InChI=1S/C18H23N3O3/c1-12-17(24-13(2)20-12)18(22)19-11-15-16(21(3)9-10-23-15)14-7-5-4-6-8-14/h4-8,15-16H,9-11H2,1-3H3,(H,19,22)/t15-,16-/m0/s1. The number of oxazole rings is 1. The Morgan fingerprint density at radius 1 is 1.33 bits per heavy atom. The quantitative estimate of drug-likeness (QED) is 0.930. The van der Waals surface area contributed by atoms with E-state index >= 15 is 0 Å². The summed E-state index contributed by atoms with van der Waals surface area (Å²) in [6.07, 6.45) is -0.112. The summed E-state index contributed by atoms with van der Waals surface area (Å²) in [5.74, 6) is 0.512. The molecule has 0 unspecified atom stereocenters. The van der Waals surface area contributed by atoms with Gasteiger partial charge in [0.2, 0.25) is 5.76 Å². The van der Waals surface area contributed by atoms with Crippen molar-refractivity contribution in [2.75, 3.05) is 26.7 Å². The number of amides is 1. The van der Waals surface area contributed by atoms with Crippen LogP contribution in [0, 0.1) is 13.8 Å². The van der Waals surface area contributed by atoms with Gasteiger partial charge in [-0.1, -0.05) is 30.3 Å². The Hall–Kier alpha value is -2.18. The number of aromatic nitrogens is 1. The molecule has 2 heterocycles. The second kappa shape index (κ2) is 7.15. The van der Waals surface area contributed by atoms with Gasteiger partial charge in [0.15, 0.2) is 5.89 Å². The molecule has 128 valence electrons. The van der Waals surface area contributed by atoms with Crippen LogP contribution < -0.4 is 5.32 Å². The summed E-state index contributed by atoms with van der Waals surface area (Å²) in [5, 5.41) is 2.92. The van der Waals surface area contributed by atoms with Gasteiger partial charge >= 0.3 is 0 Å². The Morgan fingerprint density at radius 2 is 2.08 bits per heavy atom. The Labute approximate surface area is 141 Å². The van der Waals surface area contributed by atoms with Crippen molar-refractivity contribution in [3.05, 3.63) is 53.2 Å². The first-order valence-corrected chi connectivity index (χ1v) is 8.15. The Balaban J connectivity index is 1.70. The molecule has 0 aliphatic carbocycles. The summed E-state index contributed by atoms with van der Waals surface area (Å²) in [7, 11) is 2.08. The number of ether oxygens (including phenoxy) is 1. The van der Waals surface area contributed by atoms with Crippen LogP contribution in [0.15, 0.2) is 34.7 Å². The maximum Gasteiger partial charge on any atom is 0.289 e. The summed E-state index contributed by atoms with van der Waals surface area (Å²) in [6.45, 7) is 5.44. The first-order chi connectivity index (χ1) is 11.6. The lowest BCUT2D eigenvalue weighted by Gasteiger charge is -2.39. The fourth-order valence-electron chi connectivity index (χ4n) is 3.17. The second-order valence-corrected chi connectivity index (χ2v) is 6.10. The minimum Gasteiger partial charge on any atom is -0.436 e. The highest BCUT2D eigenvalue weighted by Crippen LogP contribution is 2.27. The first kappa shape index (κ1) is 16.7. The largest absolute Gasteiger partial charge is 0.436 e. The van der Waals surface area contributed by atoms with Crippen LogP contribution in [-0.2, 0) is 4.74 Å². The maximum absolute atomic E-state index is 12.3. The molecule has 3 rings (SSSR count). The zero-order chi connectivity index (χ0) is 17.1. The van der Waals surface area contributed by atoms with E-state index in [1.54, 1.807) is 13.8 Å². The van der Waals surface area contributed by atoms with Gasteiger partial charge in [-0.15, -0.1) is 0 Å². The van der Waals surface area contributed by atoms with E-state index in [9.17, 15) is 4.79 Å². The second-order valence-electron chi connectivity index (χ2n) is 6.10. The molecule has 0 radical (unpaired) electrons. The zero-order valence-electron chi connectivity index (χ0n) is 14.3. The number of benzene rings is 1. The third-order valence-corrected chi connectivity index (χ3v) is 4.32. The molecule has 1 aliphatic rings. The van der Waals surface area contributed by atoms with Gasteiger partial charge in [0.1, 0.15) is 0 Å². The summed E-state index contributed by atoms with van der Waals surface area (Å²) in [4.78, 5) is 18.7. The molecule has 1 fully saturated rings. The predicted octanol–water partition coefficient (Wildman–Crippen LogP) is 2.09. The molecule has 2 aromatic rings. The van der Waals surface area contributed by atoms with Gasteiger partial charge in [-0.2, -0.15) is 0 Å². The van der Waals surface area contributed by atoms with Gasteiger partial charge in [0, 0.05) is 20.0 Å². The van der Waals surface area contributed by atoms with Crippen molar-refractivity contribution < 1.29 is 13.9 Å². The van der Waals surface area contributed by atoms with Crippen molar-refractivity contribution in [1.29, 1.82) is 0 Å². The van der Waals surface area contributed by atoms with Gasteiger partial charge in [0.25, 0.3) is 5.91 Å². The molecule has 1 saturated heterocycles. The predicted molar refractivity (Wildman–Crippen MR) is 89.9 cm³/mol. The lowest BCUT2D eigenvalue weighted by atomic mass is 9.98. The van der Waals surface area contributed by atoms with E-state index in [2.05, 4.69) is 34.4 Å². The van der Waals surface area contributed by atoms with E-state index < -0.39 is 0 Å². The molecule has 6 heteroatoms. The molecule has 0 saturated carbocycles. The van der Waals surface area contributed by atoms with Crippen molar-refractivity contribution >= 4 is 5.91 Å². The van der Waals surface area contributed by atoms with Crippen LogP contribution in [0.4, 0.5) is 0 Å². The number of nitrogens with zero attached hydrogens (tertiary/aromatic N) is 2. The Kier molecular flexibility index (Phi) is 4.97. The van der Waals surface area contributed by atoms with Crippen molar-refractivity contribution in [3.8, 4) is 0 Å². The van der Waals surface area contributed by atoms with Crippen molar-refractivity contribution in [3.63, 3.8) is 0 Å². The summed E-state index contributed by atoms with van der Waals surface area (Å²) in [5.41, 5.74) is 1.79. The number of morpholine rings is 1. The topological polar surface area (TPSA) is 67.6 Å². The number of carbonyl (C=O) groups excluding carboxylic acids is 1. The fourth-order valence-corrected chi connectivity index (χ4v) is 3.17. The highest BCUT2D eigenvalue weighted by Gasteiger charge is 2.32. The van der Waals surface area contributed by atoms with Crippen LogP contribution in [0.25, 0.3) is 0 Å². The lowest BCUT2D eigenvalue weighted by Crippen LogP contribution is -2.48. The SMILES string of the molecule is Cc1nc(C)c(C(=O)NC[C@@H]2OCCN(C)[C@H]2c2ccccc2)o1. The monoisotopic (exact) mass is 329 g/mol. The molecule has 24 heavy (non-hydrogen) atoms. The van der Waals surface area contributed by atoms with Crippen LogP contribution in [0.2, 0.25) is 0 Å². The number of likely N-dealkylation sites (N-methyl/N-ethyl adjacent to an activating group) is 1. The molecule has 1 N–H and O–H groups in total. The van der Waals surface area contributed by atoms with Crippen LogP contribution in [0.1, 0.15) is 33.7 Å². The molecule has 2 atom stereocenters. The normalized spacial score (nSPS) is 21.6. The molecule has 1 aromatic carbocycles. The van der Waals surface area contributed by atoms with E-state index in [-0.39, 0.29) is 23.8 Å². The number of hydrogen-bond acceptors (Lipinski definition) is 5. The van der Waals surface area contributed by atoms with E-state index in [1.807, 2.05) is 18.2 Å². The summed E-state index contributed by atoms with van der Waals surface area (Å²) < 4.78 is 11.3. The van der Waals surface area contributed by atoms with E-state index in [0.717, 1.165) is 6.54 Å². The van der Waals surface area contributed by atoms with E-state index in [1.165, 1.54) is 5.56 Å². The Bertz CT molecular complexity index is 699. The molecule has 1 amide bonds. The maximum atomic E-state index is 12.3. The van der Waals surface area contributed by atoms with Crippen LogP contribution in [0.3, 0.4) is 0 Å². The number of carbonyl (C=O) groups is 1. The summed E-state index contributed by atoms with van der Waals surface area (Å²) in [6, 6.07) is 10.3. The average molecular weight is 329 g/mol. The number of rotatable bonds is 4. The van der Waals surface area contributed by atoms with E-state index in [4.69, 9.17) is 9.15 Å². The van der Waals surface area contributed by atoms with Crippen molar-refractivity contribution in [1.82, 2.24) is 15.2 Å². The van der Waals surface area contributed by atoms with Gasteiger partial charge < -0.3 is 14.5 Å². The van der Waals surface area contributed by atoms with Crippen molar-refractivity contribution in [2.45, 2.75) is 26.0 Å². The number of nitrogens with one attached hydrogen (secondary N) is 1. The minimum atomic E-state index is -0.253. The van der Waals surface area contributed by atoms with Gasteiger partial charge in [-0.25, -0.2) is 4.98 Å².